The third-order valence-electron chi connectivity index (χ3n) is 3.30. The Kier molecular flexibility index (Phi) is 5.87. The predicted molar refractivity (Wildman–Crippen MR) is 73.5 cm³/mol. The smallest absolute Gasteiger partial charge is 0.191 e. The molecule has 90 valence electrons. The molecule has 2 heteroatoms. The molecule has 0 rings (SSSR count). The fourth-order valence-corrected chi connectivity index (χ4v) is 2.15. The first-order valence-electron chi connectivity index (χ1n) is 5.75. The molecule has 0 N–H and O–H groups in total. The van der Waals surface area contributed by atoms with Gasteiger partial charge in [-0.2, -0.15) is 0 Å². The lowest BCUT2D eigenvalue weighted by atomic mass is 10.0. The number of terminal acetylenes is 2. The zero-order chi connectivity index (χ0) is 12.8. The van der Waals surface area contributed by atoms with E-state index in [2.05, 4.69) is 45.7 Å². The van der Waals surface area contributed by atoms with Crippen LogP contribution in [0.25, 0.3) is 0 Å². The van der Waals surface area contributed by atoms with Gasteiger partial charge in [0.05, 0.1) is 0 Å². The van der Waals surface area contributed by atoms with E-state index in [0.29, 0.717) is 25.4 Å². The minimum Gasteiger partial charge on any atom is -0.416 e. The molecule has 0 unspecified atom stereocenters. The summed E-state index contributed by atoms with van der Waals surface area (Å²) in [4.78, 5) is 0. The van der Waals surface area contributed by atoms with Crippen molar-refractivity contribution in [2.24, 2.45) is 5.92 Å². The van der Waals surface area contributed by atoms with Crippen molar-refractivity contribution in [1.82, 2.24) is 0 Å². The van der Waals surface area contributed by atoms with Crippen molar-refractivity contribution in [3.8, 4) is 24.7 Å². The third kappa shape index (κ3) is 4.88. The second kappa shape index (κ2) is 6.14. The third-order valence-corrected chi connectivity index (χ3v) is 7.80. The van der Waals surface area contributed by atoms with E-state index in [1.807, 2.05) is 0 Å². The average molecular weight is 236 g/mol. The highest BCUT2D eigenvalue weighted by molar-refractivity contribution is 6.74. The molecule has 0 heterocycles. The predicted octanol–water partition coefficient (Wildman–Crippen LogP) is 3.67. The zero-order valence-electron chi connectivity index (χ0n) is 11.3. The van der Waals surface area contributed by atoms with Gasteiger partial charge >= 0.3 is 0 Å². The lowest BCUT2D eigenvalue weighted by Gasteiger charge is -2.37. The van der Waals surface area contributed by atoms with Crippen LogP contribution in [0.1, 0.15) is 33.6 Å². The van der Waals surface area contributed by atoms with E-state index in [1.165, 1.54) is 0 Å². The molecule has 0 aromatic heterocycles. The van der Waals surface area contributed by atoms with Crippen molar-refractivity contribution in [2.45, 2.75) is 51.7 Å². The normalized spacial score (nSPS) is 12.2. The molecule has 0 aliphatic carbocycles. The Labute approximate surface area is 102 Å². The van der Waals surface area contributed by atoms with E-state index in [4.69, 9.17) is 17.3 Å². The molecule has 0 radical (unpaired) electrons. The van der Waals surface area contributed by atoms with Crippen LogP contribution in [0, 0.1) is 30.6 Å². The lowest BCUT2D eigenvalue weighted by Crippen LogP contribution is -2.41. The van der Waals surface area contributed by atoms with E-state index in [0.717, 1.165) is 0 Å². The molecule has 0 atom stereocenters. The quantitative estimate of drug-likeness (QED) is 0.523. The summed E-state index contributed by atoms with van der Waals surface area (Å²) in [5, 5.41) is 0.240. The SMILES string of the molecule is C#CCC(CC#C)CO[Si](C)(C)C(C)(C)C. The van der Waals surface area contributed by atoms with Crippen LogP contribution in [0.5, 0.6) is 0 Å². The summed E-state index contributed by atoms with van der Waals surface area (Å²) < 4.78 is 6.11. The van der Waals surface area contributed by atoms with Crippen molar-refractivity contribution in [3.63, 3.8) is 0 Å². The van der Waals surface area contributed by atoms with Crippen molar-refractivity contribution in [1.29, 1.82) is 0 Å². The van der Waals surface area contributed by atoms with Gasteiger partial charge in [0.25, 0.3) is 0 Å². The maximum absolute atomic E-state index is 6.11. The molecule has 0 amide bonds. The maximum Gasteiger partial charge on any atom is 0.191 e. The van der Waals surface area contributed by atoms with Crippen LogP contribution < -0.4 is 0 Å². The van der Waals surface area contributed by atoms with Gasteiger partial charge in [-0.15, -0.1) is 24.7 Å². The van der Waals surface area contributed by atoms with Crippen LogP contribution in [-0.4, -0.2) is 14.9 Å². The summed E-state index contributed by atoms with van der Waals surface area (Å²) in [6.45, 7) is 11.9. The van der Waals surface area contributed by atoms with Crippen LogP contribution in [0.2, 0.25) is 18.1 Å². The molecule has 0 bridgehead atoms. The molecule has 0 aliphatic heterocycles. The van der Waals surface area contributed by atoms with E-state index in [9.17, 15) is 0 Å². The zero-order valence-corrected chi connectivity index (χ0v) is 12.3. The fraction of sp³-hybridized carbons (Fsp3) is 0.714. The molecule has 0 aromatic rings. The fourth-order valence-electron chi connectivity index (χ4n) is 1.07. The Morgan fingerprint density at radius 2 is 1.56 bits per heavy atom. The van der Waals surface area contributed by atoms with Gasteiger partial charge in [0.15, 0.2) is 8.32 Å². The first kappa shape index (κ1) is 15.3. The van der Waals surface area contributed by atoms with Gasteiger partial charge in [0.1, 0.15) is 0 Å². The van der Waals surface area contributed by atoms with Crippen LogP contribution in [0.15, 0.2) is 0 Å². The second-order valence-electron chi connectivity index (χ2n) is 5.75. The molecular weight excluding hydrogens is 212 g/mol. The average Bonchev–Trinajstić information content (AvgIpc) is 2.13. The van der Waals surface area contributed by atoms with Crippen molar-refractivity contribution >= 4 is 8.32 Å². The Morgan fingerprint density at radius 1 is 1.12 bits per heavy atom. The Morgan fingerprint density at radius 3 is 1.88 bits per heavy atom. The molecule has 0 saturated heterocycles. The van der Waals surface area contributed by atoms with Crippen LogP contribution in [0.3, 0.4) is 0 Å². The van der Waals surface area contributed by atoms with E-state index < -0.39 is 8.32 Å². The van der Waals surface area contributed by atoms with Crippen LogP contribution in [0.4, 0.5) is 0 Å². The van der Waals surface area contributed by atoms with Gasteiger partial charge in [0.2, 0.25) is 0 Å². The Balaban J connectivity index is 4.32. The number of rotatable bonds is 5. The standard InChI is InChI=1S/C14H24OSi/c1-8-10-13(11-9-2)12-15-16(6,7)14(3,4)5/h1-2,13H,10-12H2,3-7H3. The minimum absolute atomic E-state index is 0.240. The first-order valence-corrected chi connectivity index (χ1v) is 8.66. The molecule has 0 spiro atoms. The maximum atomic E-state index is 6.11. The lowest BCUT2D eigenvalue weighted by molar-refractivity contribution is 0.232. The minimum atomic E-state index is -1.66. The number of hydrogen-bond donors (Lipinski definition) is 0. The first-order chi connectivity index (χ1) is 7.24. The summed E-state index contributed by atoms with van der Waals surface area (Å²) >= 11 is 0. The highest BCUT2D eigenvalue weighted by atomic mass is 28.4. The molecule has 16 heavy (non-hydrogen) atoms. The van der Waals surface area contributed by atoms with Gasteiger partial charge < -0.3 is 4.43 Å². The molecular formula is C14H24OSi. The van der Waals surface area contributed by atoms with Gasteiger partial charge in [-0.1, -0.05) is 20.8 Å². The summed E-state index contributed by atoms with van der Waals surface area (Å²) in [5.41, 5.74) is 0. The Hall–Kier alpha value is -0.703. The van der Waals surface area contributed by atoms with Crippen molar-refractivity contribution < 1.29 is 4.43 Å². The van der Waals surface area contributed by atoms with Crippen molar-refractivity contribution in [2.75, 3.05) is 6.61 Å². The molecule has 0 aromatic carbocycles. The van der Waals surface area contributed by atoms with Gasteiger partial charge in [-0.25, -0.2) is 0 Å². The van der Waals surface area contributed by atoms with Gasteiger partial charge in [-0.05, 0) is 18.1 Å². The molecule has 1 nitrogen and oxygen atoms in total. The van der Waals surface area contributed by atoms with E-state index >= 15 is 0 Å². The van der Waals surface area contributed by atoms with Gasteiger partial charge in [-0.3, -0.25) is 0 Å². The van der Waals surface area contributed by atoms with E-state index in [-0.39, 0.29) is 5.04 Å². The summed E-state index contributed by atoms with van der Waals surface area (Å²) in [6, 6.07) is 0. The molecule has 0 saturated carbocycles. The summed E-state index contributed by atoms with van der Waals surface area (Å²) in [6.07, 6.45) is 12.1. The Bertz CT molecular complexity index is 269. The van der Waals surface area contributed by atoms with E-state index in [1.54, 1.807) is 0 Å². The number of hydrogen-bond acceptors (Lipinski definition) is 1. The highest BCUT2D eigenvalue weighted by Gasteiger charge is 2.37. The van der Waals surface area contributed by atoms with Crippen LogP contribution in [-0.2, 0) is 4.43 Å². The summed E-state index contributed by atoms with van der Waals surface area (Å²) in [7, 11) is -1.66. The van der Waals surface area contributed by atoms with Crippen LogP contribution >= 0.6 is 0 Å². The van der Waals surface area contributed by atoms with Gasteiger partial charge in [0, 0.05) is 25.4 Å². The topological polar surface area (TPSA) is 9.23 Å². The summed E-state index contributed by atoms with van der Waals surface area (Å²) in [5.74, 6) is 5.64. The monoisotopic (exact) mass is 236 g/mol. The van der Waals surface area contributed by atoms with Crippen molar-refractivity contribution in [3.05, 3.63) is 0 Å². The molecule has 0 aliphatic rings. The largest absolute Gasteiger partial charge is 0.416 e. The second-order valence-corrected chi connectivity index (χ2v) is 10.6. The highest BCUT2D eigenvalue weighted by Crippen LogP contribution is 2.36. The molecule has 0 fully saturated rings.